The first-order valence-electron chi connectivity index (χ1n) is 8.53. The molecule has 1 aromatic carbocycles. The van der Waals surface area contributed by atoms with Crippen molar-refractivity contribution in [2.45, 2.75) is 39.4 Å². The minimum atomic E-state index is -2.74. The van der Waals surface area contributed by atoms with Gasteiger partial charge in [-0.15, -0.1) is 0 Å². The predicted octanol–water partition coefficient (Wildman–Crippen LogP) is 5.65. The standard InChI is InChI=1S/C17H30N3OPS2/c1-5-16(4)24-22(21,19-13-14-23-7-3)20(6-2)15-18-17-11-9-8-10-12-17/h8-12,15-16H,5-7,13-14H2,1-4H3,(H,19,21). The average molecular weight is 388 g/mol. The molecule has 0 heterocycles. The summed E-state index contributed by atoms with van der Waals surface area (Å²) in [6.07, 6.45) is 2.72. The molecule has 24 heavy (non-hydrogen) atoms. The van der Waals surface area contributed by atoms with Crippen molar-refractivity contribution in [3.8, 4) is 0 Å². The molecule has 0 spiro atoms. The van der Waals surface area contributed by atoms with Crippen LogP contribution in [0.25, 0.3) is 0 Å². The van der Waals surface area contributed by atoms with Crippen molar-refractivity contribution in [3.63, 3.8) is 0 Å². The van der Waals surface area contributed by atoms with Gasteiger partial charge >= 0.3 is 0 Å². The number of benzene rings is 1. The number of hydrogen-bond donors (Lipinski definition) is 1. The number of nitrogens with one attached hydrogen (secondary N) is 1. The highest BCUT2D eigenvalue weighted by atomic mass is 32.7. The number of nitrogens with zero attached hydrogens (tertiary/aromatic N) is 2. The molecule has 0 bridgehead atoms. The Kier molecular flexibility index (Phi) is 10.8. The Morgan fingerprint density at radius 1 is 1.29 bits per heavy atom. The van der Waals surface area contributed by atoms with E-state index >= 15 is 0 Å². The highest BCUT2D eigenvalue weighted by Crippen LogP contribution is 2.59. The molecule has 1 aromatic rings. The van der Waals surface area contributed by atoms with Crippen LogP contribution in [-0.4, -0.2) is 40.9 Å². The fraction of sp³-hybridized carbons (Fsp3) is 0.588. The van der Waals surface area contributed by atoms with Crippen molar-refractivity contribution < 1.29 is 4.57 Å². The van der Waals surface area contributed by atoms with Gasteiger partial charge in [0.25, 0.3) is 6.65 Å². The van der Waals surface area contributed by atoms with Crippen LogP contribution in [0.5, 0.6) is 0 Å². The van der Waals surface area contributed by atoms with Gasteiger partial charge in [0, 0.05) is 24.1 Å². The molecular formula is C17H30N3OPS2. The zero-order valence-electron chi connectivity index (χ0n) is 15.1. The van der Waals surface area contributed by atoms with Crippen molar-refractivity contribution in [3.05, 3.63) is 30.3 Å². The Morgan fingerprint density at radius 3 is 2.58 bits per heavy atom. The lowest BCUT2D eigenvalue weighted by atomic mass is 10.3. The van der Waals surface area contributed by atoms with Gasteiger partial charge in [0.05, 0.1) is 12.0 Å². The van der Waals surface area contributed by atoms with E-state index in [9.17, 15) is 4.57 Å². The summed E-state index contributed by atoms with van der Waals surface area (Å²) in [5.41, 5.74) is 0.873. The molecule has 0 aliphatic rings. The third-order valence-electron chi connectivity index (χ3n) is 3.42. The Morgan fingerprint density at radius 2 is 2.00 bits per heavy atom. The molecule has 2 unspecified atom stereocenters. The van der Waals surface area contributed by atoms with Gasteiger partial charge in [0.2, 0.25) is 0 Å². The van der Waals surface area contributed by atoms with Crippen molar-refractivity contribution in [2.75, 3.05) is 24.6 Å². The molecule has 0 aliphatic heterocycles. The van der Waals surface area contributed by atoms with Crippen LogP contribution in [0, 0.1) is 0 Å². The van der Waals surface area contributed by atoms with Crippen molar-refractivity contribution in [1.82, 2.24) is 9.76 Å². The van der Waals surface area contributed by atoms with Gasteiger partial charge < -0.3 is 0 Å². The van der Waals surface area contributed by atoms with E-state index in [0.29, 0.717) is 11.8 Å². The summed E-state index contributed by atoms with van der Waals surface area (Å²) in [7, 11) is 0. The van der Waals surface area contributed by atoms with E-state index in [4.69, 9.17) is 0 Å². The molecule has 0 saturated carbocycles. The van der Waals surface area contributed by atoms with Crippen molar-refractivity contribution >= 4 is 41.8 Å². The molecule has 1 rings (SSSR count). The normalized spacial score (nSPS) is 15.3. The Hall–Kier alpha value is -0.420. The molecule has 4 nitrogen and oxygen atoms in total. The second-order valence-corrected chi connectivity index (χ2v) is 11.7. The average Bonchev–Trinajstić information content (AvgIpc) is 2.60. The summed E-state index contributed by atoms with van der Waals surface area (Å²) < 4.78 is 15.4. The molecule has 136 valence electrons. The maximum atomic E-state index is 13.6. The second kappa shape index (κ2) is 12.0. The minimum Gasteiger partial charge on any atom is -0.294 e. The fourth-order valence-corrected chi connectivity index (χ4v) is 7.79. The second-order valence-electron chi connectivity index (χ2n) is 5.29. The third-order valence-corrected chi connectivity index (χ3v) is 9.94. The maximum absolute atomic E-state index is 13.6. The maximum Gasteiger partial charge on any atom is 0.293 e. The van der Waals surface area contributed by atoms with Crippen LogP contribution in [0.3, 0.4) is 0 Å². The van der Waals surface area contributed by atoms with Gasteiger partial charge in [-0.25, -0.2) is 10.1 Å². The molecule has 0 saturated heterocycles. The van der Waals surface area contributed by atoms with E-state index in [1.165, 1.54) is 0 Å². The molecule has 0 aromatic heterocycles. The van der Waals surface area contributed by atoms with Crippen LogP contribution in [0.2, 0.25) is 0 Å². The van der Waals surface area contributed by atoms with Gasteiger partial charge in [-0.1, -0.05) is 50.4 Å². The molecule has 2 atom stereocenters. The highest BCUT2D eigenvalue weighted by Gasteiger charge is 2.30. The largest absolute Gasteiger partial charge is 0.294 e. The van der Waals surface area contributed by atoms with E-state index in [-0.39, 0.29) is 0 Å². The SMILES string of the molecule is CCSCCNP(=O)(SC(C)CC)N(C=Nc1ccccc1)CC. The van der Waals surface area contributed by atoms with Crippen LogP contribution in [0.15, 0.2) is 35.3 Å². The third kappa shape index (κ3) is 7.64. The molecule has 0 aliphatic carbocycles. The molecule has 0 fully saturated rings. The molecule has 0 amide bonds. The zero-order valence-corrected chi connectivity index (χ0v) is 17.7. The van der Waals surface area contributed by atoms with E-state index in [1.807, 2.05) is 53.7 Å². The van der Waals surface area contributed by atoms with Crippen LogP contribution >= 0.6 is 29.8 Å². The summed E-state index contributed by atoms with van der Waals surface area (Å²) >= 11 is 3.40. The van der Waals surface area contributed by atoms with Crippen LogP contribution in [0.4, 0.5) is 5.69 Å². The van der Waals surface area contributed by atoms with Crippen LogP contribution in [-0.2, 0) is 4.57 Å². The number of hydrogen-bond acceptors (Lipinski definition) is 4. The zero-order chi connectivity index (χ0) is 17.8. The fourth-order valence-electron chi connectivity index (χ4n) is 1.89. The van der Waals surface area contributed by atoms with Crippen LogP contribution < -0.4 is 5.09 Å². The van der Waals surface area contributed by atoms with Gasteiger partial charge in [0.15, 0.2) is 0 Å². The lowest BCUT2D eigenvalue weighted by Gasteiger charge is -2.30. The summed E-state index contributed by atoms with van der Waals surface area (Å²) in [5, 5.41) is 3.65. The first-order chi connectivity index (χ1) is 11.6. The van der Waals surface area contributed by atoms with Gasteiger partial charge in [0.1, 0.15) is 0 Å². The lowest BCUT2D eigenvalue weighted by molar-refractivity contribution is 0.532. The predicted molar refractivity (Wildman–Crippen MR) is 113 cm³/mol. The molecule has 7 heteroatoms. The highest BCUT2D eigenvalue weighted by molar-refractivity contribution is 8.57. The lowest BCUT2D eigenvalue weighted by Crippen LogP contribution is -2.27. The Balaban J connectivity index is 2.87. The first kappa shape index (κ1) is 21.6. The monoisotopic (exact) mass is 387 g/mol. The Bertz CT molecular complexity index is 528. The number of thioether (sulfide) groups is 1. The molecular weight excluding hydrogens is 357 g/mol. The quantitative estimate of drug-likeness (QED) is 0.217. The molecule has 0 radical (unpaired) electrons. The number of aliphatic imine (C=N–C) groups is 1. The number of para-hydroxylation sites is 1. The van der Waals surface area contributed by atoms with Gasteiger partial charge in [-0.05, 0) is 31.2 Å². The van der Waals surface area contributed by atoms with Crippen molar-refractivity contribution in [2.24, 2.45) is 4.99 Å². The molecule has 1 N–H and O–H groups in total. The smallest absolute Gasteiger partial charge is 0.293 e. The van der Waals surface area contributed by atoms with E-state index in [1.54, 1.807) is 17.7 Å². The van der Waals surface area contributed by atoms with E-state index < -0.39 is 6.65 Å². The summed E-state index contributed by atoms with van der Waals surface area (Å²) in [6.45, 7) is 7.07. The van der Waals surface area contributed by atoms with Gasteiger partial charge in [-0.3, -0.25) is 9.24 Å². The first-order valence-corrected chi connectivity index (χ1v) is 12.8. The van der Waals surface area contributed by atoms with Crippen LogP contribution in [0.1, 0.15) is 34.1 Å². The van der Waals surface area contributed by atoms with E-state index in [2.05, 4.69) is 30.9 Å². The summed E-state index contributed by atoms with van der Waals surface area (Å²) in [4.78, 5) is 4.49. The van der Waals surface area contributed by atoms with Crippen molar-refractivity contribution in [1.29, 1.82) is 0 Å². The van der Waals surface area contributed by atoms with E-state index in [0.717, 1.165) is 30.2 Å². The minimum absolute atomic E-state index is 0.335. The summed E-state index contributed by atoms with van der Waals surface area (Å²) in [5.74, 6) is 2.05. The number of rotatable bonds is 12. The summed E-state index contributed by atoms with van der Waals surface area (Å²) in [6, 6.07) is 9.77. The Labute approximate surface area is 155 Å². The topological polar surface area (TPSA) is 44.7 Å². The van der Waals surface area contributed by atoms with Gasteiger partial charge in [-0.2, -0.15) is 11.8 Å².